The van der Waals surface area contributed by atoms with Gasteiger partial charge in [0.15, 0.2) is 0 Å². The molecule has 0 aliphatic heterocycles. The number of carbonyl (C=O) groups is 1. The third-order valence-electron chi connectivity index (χ3n) is 7.40. The van der Waals surface area contributed by atoms with Gasteiger partial charge in [0.2, 0.25) is 17.7 Å². The molecule has 0 spiro atoms. The summed E-state index contributed by atoms with van der Waals surface area (Å²) in [6.07, 6.45) is 3.14. The van der Waals surface area contributed by atoms with E-state index in [1.807, 2.05) is 57.2 Å². The van der Waals surface area contributed by atoms with Crippen molar-refractivity contribution in [1.82, 2.24) is 24.7 Å². The number of methoxy groups -OCH3 is 1. The lowest BCUT2D eigenvalue weighted by Crippen LogP contribution is -2.21. The molecule has 0 radical (unpaired) electrons. The van der Waals surface area contributed by atoms with Gasteiger partial charge < -0.3 is 20.1 Å². The summed E-state index contributed by atoms with van der Waals surface area (Å²) in [5.41, 5.74) is 2.63. The zero-order valence-corrected chi connectivity index (χ0v) is 28.4. The van der Waals surface area contributed by atoms with E-state index in [1.165, 1.54) is 6.20 Å². The van der Waals surface area contributed by atoms with Crippen molar-refractivity contribution in [2.75, 3.05) is 23.1 Å². The Hall–Kier alpha value is -6.06. The molecule has 0 atom stereocenters. The Kier molecular flexibility index (Phi) is 9.35. The average molecular weight is 695 g/mol. The molecule has 0 bridgehead atoms. The molecule has 0 aliphatic rings. The first-order chi connectivity index (χ1) is 23.8. The lowest BCUT2D eigenvalue weighted by molar-refractivity contribution is 0.262. The maximum atomic E-state index is 13.4. The fraction of sp³-hybridized carbons (Fsp3) is 0.171. The van der Waals surface area contributed by atoms with Gasteiger partial charge in [0.25, 0.3) is 10.1 Å². The number of hydrogen-bond acceptors (Lipinski definition) is 10. The molecule has 3 aromatic carbocycles. The smallest absolute Gasteiger partial charge is 0.324 e. The topological polar surface area (TPSA) is 182 Å². The van der Waals surface area contributed by atoms with Crippen LogP contribution in [0.4, 0.5) is 27.9 Å². The van der Waals surface area contributed by atoms with Gasteiger partial charge in [-0.1, -0.05) is 57.2 Å². The molecule has 4 N–H and O–H groups in total. The predicted octanol–water partition coefficient (Wildman–Crippen LogP) is 7.08. The molecule has 0 aliphatic carbocycles. The highest BCUT2D eigenvalue weighted by Gasteiger charge is 2.22. The minimum atomic E-state index is -4.18. The van der Waals surface area contributed by atoms with Crippen LogP contribution in [0.15, 0.2) is 97.3 Å². The summed E-state index contributed by atoms with van der Waals surface area (Å²) in [6.45, 7) is 6.12. The molecule has 6 rings (SSSR count). The van der Waals surface area contributed by atoms with Crippen LogP contribution in [0.2, 0.25) is 0 Å². The molecule has 0 unspecified atom stereocenters. The van der Waals surface area contributed by atoms with Crippen molar-refractivity contribution < 1.29 is 27.2 Å². The van der Waals surface area contributed by atoms with Gasteiger partial charge in [-0.2, -0.15) is 18.5 Å². The van der Waals surface area contributed by atoms with Crippen molar-refractivity contribution in [3.8, 4) is 23.2 Å². The molecule has 15 heteroatoms. The summed E-state index contributed by atoms with van der Waals surface area (Å²) in [5, 5.41) is 15.1. The predicted molar refractivity (Wildman–Crippen MR) is 190 cm³/mol. The summed E-state index contributed by atoms with van der Waals surface area (Å²) < 4.78 is 44.8. The molecule has 2 amide bonds. The highest BCUT2D eigenvalue weighted by atomic mass is 32.2. The normalized spacial score (nSPS) is 11.6. The molecule has 0 fully saturated rings. The number of hydrogen-bond donors (Lipinski definition) is 4. The third-order valence-corrected chi connectivity index (χ3v) is 8.10. The third kappa shape index (κ3) is 8.14. The number of carbonyl (C=O) groups excluding carboxylic acids is 1. The number of nitrogens with one attached hydrogen (secondary N) is 3. The Morgan fingerprint density at radius 3 is 2.42 bits per heavy atom. The first kappa shape index (κ1) is 33.8. The van der Waals surface area contributed by atoms with Crippen molar-refractivity contribution in [2.24, 2.45) is 0 Å². The van der Waals surface area contributed by atoms with Crippen LogP contribution in [0.25, 0.3) is 16.5 Å². The first-order valence-electron chi connectivity index (χ1n) is 15.4. The Morgan fingerprint density at radius 1 is 0.900 bits per heavy atom. The second kappa shape index (κ2) is 13.8. The number of benzene rings is 3. The fourth-order valence-corrected chi connectivity index (χ4v) is 5.64. The number of pyridine rings is 1. The molecular weight excluding hydrogens is 661 g/mol. The van der Waals surface area contributed by atoms with E-state index in [0.29, 0.717) is 40.1 Å². The molecule has 0 saturated heterocycles. The van der Waals surface area contributed by atoms with Crippen LogP contribution in [0.3, 0.4) is 0 Å². The van der Waals surface area contributed by atoms with Crippen LogP contribution in [0, 0.1) is 0 Å². The Morgan fingerprint density at radius 2 is 1.70 bits per heavy atom. The van der Waals surface area contributed by atoms with Crippen LogP contribution in [-0.4, -0.2) is 50.8 Å². The maximum Gasteiger partial charge on any atom is 0.324 e. The van der Waals surface area contributed by atoms with Crippen LogP contribution in [-0.2, 0) is 21.3 Å². The summed E-state index contributed by atoms with van der Waals surface area (Å²) >= 11 is 0. The summed E-state index contributed by atoms with van der Waals surface area (Å²) in [7, 11) is -2.64. The van der Waals surface area contributed by atoms with Crippen molar-refractivity contribution >= 4 is 50.1 Å². The lowest BCUT2D eigenvalue weighted by Gasteiger charge is -2.14. The second-order valence-corrected chi connectivity index (χ2v) is 13.7. The van der Waals surface area contributed by atoms with Gasteiger partial charge in [-0.05, 0) is 35.9 Å². The van der Waals surface area contributed by atoms with E-state index in [0.717, 1.165) is 16.5 Å². The largest absolute Gasteiger partial charge is 0.481 e. The highest BCUT2D eigenvalue weighted by Crippen LogP contribution is 2.35. The molecule has 6 aromatic rings. The van der Waals surface area contributed by atoms with E-state index < -0.39 is 21.9 Å². The van der Waals surface area contributed by atoms with Gasteiger partial charge in [0.05, 0.1) is 30.4 Å². The molecule has 3 aromatic heterocycles. The number of rotatable bonds is 10. The van der Waals surface area contributed by atoms with Gasteiger partial charge >= 0.3 is 6.03 Å². The van der Waals surface area contributed by atoms with Crippen molar-refractivity contribution in [3.63, 3.8) is 0 Å². The molecule has 50 heavy (non-hydrogen) atoms. The minimum absolute atomic E-state index is 0.213. The molecule has 0 saturated carbocycles. The van der Waals surface area contributed by atoms with Gasteiger partial charge in [-0.15, -0.1) is 0 Å². The molecule has 3 heterocycles. The second-order valence-electron chi connectivity index (χ2n) is 12.2. The summed E-state index contributed by atoms with van der Waals surface area (Å²) in [4.78, 5) is 26.4. The van der Waals surface area contributed by atoms with E-state index in [-0.39, 0.29) is 17.2 Å². The van der Waals surface area contributed by atoms with Gasteiger partial charge in [-0.3, -0.25) is 9.87 Å². The highest BCUT2D eigenvalue weighted by molar-refractivity contribution is 7.85. The Balaban J connectivity index is 1.21. The van der Waals surface area contributed by atoms with E-state index in [2.05, 4.69) is 30.9 Å². The Labute approximate surface area is 288 Å². The minimum Gasteiger partial charge on any atom is -0.481 e. The standard InChI is InChI=1S/C35H34N8O6S/c1-35(2,3)29-19-30(43(42-29)24-12-15-31(48-4)37-20-24)40-34(44)39-27-13-14-28(26-11-6-5-10-25(26)27)49-32-16-17-36-33(41-32)38-23-9-7-8-22(18-23)21-50(45,46)47/h5-20H,21H2,1-4H3,(H,36,38,41)(H2,39,40,44)(H,45,46,47). The molecule has 256 valence electrons. The lowest BCUT2D eigenvalue weighted by atomic mass is 9.92. The number of ether oxygens (including phenoxy) is 2. The maximum absolute atomic E-state index is 13.4. The number of anilines is 4. The van der Waals surface area contributed by atoms with E-state index in [4.69, 9.17) is 14.6 Å². The number of fused-ring (bicyclic) bond motifs is 1. The van der Waals surface area contributed by atoms with E-state index >= 15 is 0 Å². The van der Waals surface area contributed by atoms with Gasteiger partial charge in [-0.25, -0.2) is 19.4 Å². The SMILES string of the molecule is COc1ccc(-n2nc(C(C)(C)C)cc2NC(=O)Nc2ccc(Oc3ccnc(Nc4cccc(CS(=O)(=O)O)c4)n3)c3ccccc23)cn1. The van der Waals surface area contributed by atoms with E-state index in [9.17, 15) is 17.8 Å². The van der Waals surface area contributed by atoms with Crippen LogP contribution in [0.5, 0.6) is 17.5 Å². The summed E-state index contributed by atoms with van der Waals surface area (Å²) in [6, 6.07) is 24.0. The molecular formula is C35H34N8O6S. The van der Waals surface area contributed by atoms with Crippen molar-refractivity contribution in [1.29, 1.82) is 0 Å². The number of urea groups is 1. The van der Waals surface area contributed by atoms with Crippen molar-refractivity contribution in [3.05, 3.63) is 109 Å². The zero-order chi connectivity index (χ0) is 35.5. The monoisotopic (exact) mass is 694 g/mol. The zero-order valence-electron chi connectivity index (χ0n) is 27.6. The number of amides is 2. The Bertz CT molecular complexity index is 2290. The van der Waals surface area contributed by atoms with Gasteiger partial charge in [0, 0.05) is 46.3 Å². The van der Waals surface area contributed by atoms with Crippen molar-refractivity contribution in [2.45, 2.75) is 31.9 Å². The number of aromatic nitrogens is 5. The van der Waals surface area contributed by atoms with Gasteiger partial charge in [0.1, 0.15) is 17.3 Å². The van der Waals surface area contributed by atoms with E-state index in [1.54, 1.807) is 66.5 Å². The first-order valence-corrected chi connectivity index (χ1v) is 17.0. The fourth-order valence-electron chi connectivity index (χ4n) is 5.04. The average Bonchev–Trinajstić information content (AvgIpc) is 3.50. The summed E-state index contributed by atoms with van der Waals surface area (Å²) in [5.74, 6) is 1.35. The number of nitrogens with zero attached hydrogens (tertiary/aromatic N) is 5. The van der Waals surface area contributed by atoms with Crippen LogP contribution in [0.1, 0.15) is 32.0 Å². The quantitative estimate of drug-likeness (QED) is 0.107. The van der Waals surface area contributed by atoms with Crippen LogP contribution >= 0.6 is 0 Å². The molecule has 14 nitrogen and oxygen atoms in total. The van der Waals surface area contributed by atoms with Crippen LogP contribution < -0.4 is 25.4 Å².